The smallest absolute Gasteiger partial charge is 0.164 e. The van der Waals surface area contributed by atoms with Crippen molar-refractivity contribution in [2.24, 2.45) is 0 Å². The Hall–Kier alpha value is -0.720. The minimum absolute atomic E-state index is 0.133. The standard InChI is InChI=1S/C8H5ClFNS/c9-8-7(10)4-6(5-11-8)2-1-3-12/h4-5,12H,3H2. The molecule has 0 fully saturated rings. The van der Waals surface area contributed by atoms with Crippen molar-refractivity contribution in [2.45, 2.75) is 0 Å². The minimum Gasteiger partial charge on any atom is -0.240 e. The summed E-state index contributed by atoms with van der Waals surface area (Å²) in [5.41, 5.74) is 0.506. The number of hydrogen-bond acceptors (Lipinski definition) is 2. The van der Waals surface area contributed by atoms with Crippen LogP contribution in [0.5, 0.6) is 0 Å². The van der Waals surface area contributed by atoms with Crippen molar-refractivity contribution < 1.29 is 4.39 Å². The molecule has 1 aromatic rings. The first-order chi connectivity index (χ1) is 5.74. The lowest BCUT2D eigenvalue weighted by molar-refractivity contribution is 0.621. The first kappa shape index (κ1) is 9.37. The third-order valence-corrected chi connectivity index (χ3v) is 1.54. The van der Waals surface area contributed by atoms with Crippen molar-refractivity contribution >= 4 is 24.2 Å². The molecule has 0 aliphatic heterocycles. The van der Waals surface area contributed by atoms with E-state index in [1.54, 1.807) is 0 Å². The van der Waals surface area contributed by atoms with Gasteiger partial charge in [0.15, 0.2) is 11.0 Å². The van der Waals surface area contributed by atoms with E-state index in [0.29, 0.717) is 11.3 Å². The summed E-state index contributed by atoms with van der Waals surface area (Å²) >= 11 is 9.25. The molecule has 1 rings (SSSR count). The van der Waals surface area contributed by atoms with Crippen LogP contribution >= 0.6 is 24.2 Å². The Labute approximate surface area is 80.4 Å². The van der Waals surface area contributed by atoms with Gasteiger partial charge in [0.1, 0.15) is 0 Å². The van der Waals surface area contributed by atoms with Crippen LogP contribution in [0.2, 0.25) is 5.15 Å². The van der Waals surface area contributed by atoms with Crippen molar-refractivity contribution in [2.75, 3.05) is 5.75 Å². The number of aromatic nitrogens is 1. The van der Waals surface area contributed by atoms with Crippen LogP contribution < -0.4 is 0 Å². The Kier molecular flexibility index (Phi) is 3.39. The average Bonchev–Trinajstić information content (AvgIpc) is 2.07. The monoisotopic (exact) mass is 201 g/mol. The Morgan fingerprint density at radius 1 is 1.67 bits per heavy atom. The molecule has 0 radical (unpaired) electrons. The number of nitrogens with zero attached hydrogens (tertiary/aromatic N) is 1. The van der Waals surface area contributed by atoms with E-state index in [1.807, 2.05) is 0 Å². The molecule has 0 aromatic carbocycles. The zero-order valence-electron chi connectivity index (χ0n) is 6.01. The maximum absolute atomic E-state index is 12.7. The zero-order chi connectivity index (χ0) is 8.97. The highest BCUT2D eigenvalue weighted by Crippen LogP contribution is 2.10. The summed E-state index contributed by atoms with van der Waals surface area (Å²) in [7, 11) is 0. The zero-order valence-corrected chi connectivity index (χ0v) is 7.66. The Morgan fingerprint density at radius 3 is 3.00 bits per heavy atom. The fourth-order valence-corrected chi connectivity index (χ4v) is 0.814. The summed E-state index contributed by atoms with van der Waals surface area (Å²) in [6.45, 7) is 0. The second kappa shape index (κ2) is 4.34. The van der Waals surface area contributed by atoms with Gasteiger partial charge in [-0.05, 0) is 6.07 Å². The van der Waals surface area contributed by atoms with Gasteiger partial charge in [-0.2, -0.15) is 12.6 Å². The lowest BCUT2D eigenvalue weighted by Crippen LogP contribution is -1.84. The molecule has 12 heavy (non-hydrogen) atoms. The second-order valence-electron chi connectivity index (χ2n) is 1.96. The van der Waals surface area contributed by atoms with Crippen molar-refractivity contribution in [3.8, 4) is 11.8 Å². The Bertz CT molecular complexity index is 343. The summed E-state index contributed by atoms with van der Waals surface area (Å²) in [6, 6.07) is 1.24. The predicted octanol–water partition coefficient (Wildman–Crippen LogP) is 2.16. The van der Waals surface area contributed by atoms with Crippen molar-refractivity contribution in [1.29, 1.82) is 0 Å². The molecule has 0 unspecified atom stereocenters. The van der Waals surface area contributed by atoms with Crippen LogP contribution in [0.3, 0.4) is 0 Å². The number of hydrogen-bond donors (Lipinski definition) is 1. The van der Waals surface area contributed by atoms with Gasteiger partial charge in [-0.25, -0.2) is 9.37 Å². The third-order valence-electron chi connectivity index (χ3n) is 1.11. The quantitative estimate of drug-likeness (QED) is 0.386. The predicted molar refractivity (Wildman–Crippen MR) is 49.9 cm³/mol. The molecular weight excluding hydrogens is 197 g/mol. The molecule has 62 valence electrons. The third kappa shape index (κ3) is 2.40. The Morgan fingerprint density at radius 2 is 2.42 bits per heavy atom. The number of halogens is 2. The molecule has 1 nitrogen and oxygen atoms in total. The van der Waals surface area contributed by atoms with Crippen molar-refractivity contribution in [1.82, 2.24) is 4.98 Å². The molecule has 4 heteroatoms. The highest BCUT2D eigenvalue weighted by atomic mass is 35.5. The molecule has 0 saturated carbocycles. The van der Waals surface area contributed by atoms with E-state index in [1.165, 1.54) is 12.3 Å². The van der Waals surface area contributed by atoms with Gasteiger partial charge >= 0.3 is 0 Å². The molecule has 1 aromatic heterocycles. The highest BCUT2D eigenvalue weighted by molar-refractivity contribution is 7.80. The van der Waals surface area contributed by atoms with Crippen LogP contribution in [0.4, 0.5) is 4.39 Å². The molecule has 0 amide bonds. The van der Waals surface area contributed by atoms with Gasteiger partial charge in [0, 0.05) is 11.8 Å². The molecule has 0 atom stereocenters. The van der Waals surface area contributed by atoms with Gasteiger partial charge in [-0.3, -0.25) is 0 Å². The first-order valence-corrected chi connectivity index (χ1v) is 4.16. The topological polar surface area (TPSA) is 12.9 Å². The maximum atomic E-state index is 12.7. The van der Waals surface area contributed by atoms with E-state index in [2.05, 4.69) is 29.5 Å². The van der Waals surface area contributed by atoms with Gasteiger partial charge < -0.3 is 0 Å². The molecule has 0 aliphatic rings. The van der Waals surface area contributed by atoms with Gasteiger partial charge in [-0.15, -0.1) is 0 Å². The molecule has 0 N–H and O–H groups in total. The van der Waals surface area contributed by atoms with Crippen LogP contribution in [-0.2, 0) is 0 Å². The van der Waals surface area contributed by atoms with E-state index < -0.39 is 5.82 Å². The van der Waals surface area contributed by atoms with Crippen molar-refractivity contribution in [3.05, 3.63) is 28.8 Å². The maximum Gasteiger partial charge on any atom is 0.164 e. The molecule has 1 heterocycles. The summed E-state index contributed by atoms with van der Waals surface area (Å²) < 4.78 is 12.7. The van der Waals surface area contributed by atoms with E-state index in [0.717, 1.165) is 0 Å². The van der Waals surface area contributed by atoms with Gasteiger partial charge in [0.25, 0.3) is 0 Å². The highest BCUT2D eigenvalue weighted by Gasteiger charge is 1.99. The minimum atomic E-state index is -0.553. The summed E-state index contributed by atoms with van der Waals surface area (Å²) in [5, 5.41) is -0.133. The number of thiol groups is 1. The van der Waals surface area contributed by atoms with E-state index in [-0.39, 0.29) is 5.15 Å². The molecule has 0 aliphatic carbocycles. The molecule has 0 bridgehead atoms. The summed E-state index contributed by atoms with van der Waals surface area (Å²) in [6.07, 6.45) is 1.42. The number of rotatable bonds is 0. The SMILES string of the molecule is Fc1cc(C#CCS)cnc1Cl. The normalized spacial score (nSPS) is 8.92. The fourth-order valence-electron chi connectivity index (χ4n) is 0.631. The van der Waals surface area contributed by atoms with Gasteiger partial charge in [-0.1, -0.05) is 23.4 Å². The van der Waals surface area contributed by atoms with E-state index in [4.69, 9.17) is 11.6 Å². The van der Waals surface area contributed by atoms with Gasteiger partial charge in [0.05, 0.1) is 5.75 Å². The van der Waals surface area contributed by atoms with Crippen LogP contribution in [0, 0.1) is 17.7 Å². The average molecular weight is 202 g/mol. The molecule has 0 saturated heterocycles. The summed E-state index contributed by atoms with van der Waals surface area (Å²) in [5.74, 6) is 5.23. The van der Waals surface area contributed by atoms with Gasteiger partial charge in [0.2, 0.25) is 0 Å². The van der Waals surface area contributed by atoms with E-state index >= 15 is 0 Å². The van der Waals surface area contributed by atoms with Crippen LogP contribution in [-0.4, -0.2) is 10.7 Å². The largest absolute Gasteiger partial charge is 0.240 e. The van der Waals surface area contributed by atoms with Crippen LogP contribution in [0.25, 0.3) is 0 Å². The van der Waals surface area contributed by atoms with E-state index in [9.17, 15) is 4.39 Å². The van der Waals surface area contributed by atoms with Crippen molar-refractivity contribution in [3.63, 3.8) is 0 Å². The lowest BCUT2D eigenvalue weighted by Gasteiger charge is -1.92. The number of pyridine rings is 1. The van der Waals surface area contributed by atoms with Crippen LogP contribution in [0.15, 0.2) is 12.3 Å². The Balaban J connectivity index is 2.97. The summed E-state index contributed by atoms with van der Waals surface area (Å²) in [4.78, 5) is 3.59. The first-order valence-electron chi connectivity index (χ1n) is 3.15. The lowest BCUT2D eigenvalue weighted by atomic mass is 10.3. The molecule has 0 spiro atoms. The second-order valence-corrected chi connectivity index (χ2v) is 2.63. The fraction of sp³-hybridized carbons (Fsp3) is 0.125. The molecular formula is C8H5ClFNS. The van der Waals surface area contributed by atoms with Crippen LogP contribution in [0.1, 0.15) is 5.56 Å².